The third kappa shape index (κ3) is 4.44. The van der Waals surface area contributed by atoms with Crippen LogP contribution in [0, 0.1) is 6.92 Å². The molecule has 0 spiro atoms. The van der Waals surface area contributed by atoms with Crippen molar-refractivity contribution in [3.05, 3.63) is 59.9 Å². The maximum atomic E-state index is 12.6. The van der Waals surface area contributed by atoms with E-state index in [4.69, 9.17) is 9.47 Å². The molecule has 5 rings (SSSR count). The number of amides is 1. The summed E-state index contributed by atoms with van der Waals surface area (Å²) in [4.78, 5) is 24.0. The van der Waals surface area contributed by atoms with Crippen molar-refractivity contribution in [2.24, 2.45) is 0 Å². The maximum Gasteiger partial charge on any atom is 0.255 e. The van der Waals surface area contributed by atoms with Crippen LogP contribution in [0.4, 0.5) is 23.0 Å². The number of nitrogens with zero attached hydrogens (tertiary/aromatic N) is 3. The minimum atomic E-state index is -0.207. The number of benzene rings is 2. The molecular formula is C24H25N5O3. The molecule has 0 unspecified atom stereocenters. The zero-order valence-electron chi connectivity index (χ0n) is 17.9. The lowest BCUT2D eigenvalue weighted by Gasteiger charge is -2.28. The average Bonchev–Trinajstić information content (AvgIpc) is 3.28. The number of carbonyl (C=O) groups excluding carboxylic acids is 1. The standard InChI is InChI=1S/C24H25N5O3/c1-16-25-22(14-23(26-16)29-11-3-2-4-12-29)27-18-6-8-19(9-7-18)28-24(30)17-5-10-20-21(13-17)32-15-31-20/h5-10,13-14H,2-4,11-12,15H2,1H3,(H,28,30)(H,25,26,27). The second kappa shape index (κ2) is 8.74. The van der Waals surface area contributed by atoms with Gasteiger partial charge in [-0.3, -0.25) is 4.79 Å². The molecule has 2 aliphatic rings. The predicted molar refractivity (Wildman–Crippen MR) is 123 cm³/mol. The molecule has 3 heterocycles. The average molecular weight is 431 g/mol. The summed E-state index contributed by atoms with van der Waals surface area (Å²) in [6.45, 7) is 4.16. The van der Waals surface area contributed by atoms with E-state index < -0.39 is 0 Å². The number of carbonyl (C=O) groups is 1. The van der Waals surface area contributed by atoms with E-state index >= 15 is 0 Å². The number of anilines is 4. The molecule has 0 bridgehead atoms. The largest absolute Gasteiger partial charge is 0.454 e. The number of fused-ring (bicyclic) bond motifs is 1. The summed E-state index contributed by atoms with van der Waals surface area (Å²) in [6, 6.07) is 14.7. The van der Waals surface area contributed by atoms with Crippen molar-refractivity contribution in [2.45, 2.75) is 26.2 Å². The summed E-state index contributed by atoms with van der Waals surface area (Å²) in [5, 5.41) is 6.25. The van der Waals surface area contributed by atoms with Crippen LogP contribution in [0.2, 0.25) is 0 Å². The SMILES string of the molecule is Cc1nc(Nc2ccc(NC(=O)c3ccc4c(c3)OCO4)cc2)cc(N2CCCCC2)n1. The molecule has 1 aromatic heterocycles. The highest BCUT2D eigenvalue weighted by atomic mass is 16.7. The van der Waals surface area contributed by atoms with Gasteiger partial charge in [0, 0.05) is 36.1 Å². The minimum Gasteiger partial charge on any atom is -0.454 e. The van der Waals surface area contributed by atoms with Crippen molar-refractivity contribution in [2.75, 3.05) is 35.4 Å². The van der Waals surface area contributed by atoms with E-state index in [1.54, 1.807) is 18.2 Å². The van der Waals surface area contributed by atoms with Crippen LogP contribution in [0.25, 0.3) is 0 Å². The first kappa shape index (κ1) is 20.1. The van der Waals surface area contributed by atoms with Gasteiger partial charge in [-0.25, -0.2) is 9.97 Å². The molecular weight excluding hydrogens is 406 g/mol. The molecule has 164 valence electrons. The third-order valence-corrected chi connectivity index (χ3v) is 5.55. The lowest BCUT2D eigenvalue weighted by Crippen LogP contribution is -2.30. The van der Waals surface area contributed by atoms with E-state index in [0.29, 0.717) is 22.7 Å². The first-order valence-corrected chi connectivity index (χ1v) is 10.8. The van der Waals surface area contributed by atoms with Crippen LogP contribution in [-0.4, -0.2) is 35.8 Å². The summed E-state index contributed by atoms with van der Waals surface area (Å²) < 4.78 is 10.6. The van der Waals surface area contributed by atoms with Crippen LogP contribution in [0.15, 0.2) is 48.5 Å². The summed E-state index contributed by atoms with van der Waals surface area (Å²) >= 11 is 0. The molecule has 8 nitrogen and oxygen atoms in total. The molecule has 3 aromatic rings. The molecule has 0 aliphatic carbocycles. The molecule has 1 fully saturated rings. The number of hydrogen-bond acceptors (Lipinski definition) is 7. The van der Waals surface area contributed by atoms with Gasteiger partial charge in [0.1, 0.15) is 17.5 Å². The van der Waals surface area contributed by atoms with Crippen LogP contribution >= 0.6 is 0 Å². The van der Waals surface area contributed by atoms with Crippen LogP contribution in [0.3, 0.4) is 0 Å². The van der Waals surface area contributed by atoms with Gasteiger partial charge < -0.3 is 25.0 Å². The Morgan fingerprint density at radius 3 is 2.47 bits per heavy atom. The van der Waals surface area contributed by atoms with Gasteiger partial charge in [-0.2, -0.15) is 0 Å². The van der Waals surface area contributed by atoms with E-state index in [1.807, 2.05) is 37.3 Å². The number of nitrogens with one attached hydrogen (secondary N) is 2. The van der Waals surface area contributed by atoms with E-state index in [-0.39, 0.29) is 12.7 Å². The second-order valence-corrected chi connectivity index (χ2v) is 7.93. The van der Waals surface area contributed by atoms with Crippen LogP contribution < -0.4 is 25.0 Å². The van der Waals surface area contributed by atoms with Gasteiger partial charge in [0.2, 0.25) is 6.79 Å². The highest BCUT2D eigenvalue weighted by Crippen LogP contribution is 2.32. The highest BCUT2D eigenvalue weighted by Gasteiger charge is 2.17. The molecule has 0 radical (unpaired) electrons. The molecule has 8 heteroatoms. The molecule has 2 N–H and O–H groups in total. The maximum absolute atomic E-state index is 12.6. The molecule has 2 aromatic carbocycles. The Bertz CT molecular complexity index is 1130. The number of aryl methyl sites for hydroxylation is 1. The number of rotatable bonds is 5. The quantitative estimate of drug-likeness (QED) is 0.615. The normalized spacial score (nSPS) is 14.8. The fourth-order valence-electron chi connectivity index (χ4n) is 3.93. The summed E-state index contributed by atoms with van der Waals surface area (Å²) in [5.41, 5.74) is 2.10. The van der Waals surface area contributed by atoms with Gasteiger partial charge in [0.25, 0.3) is 5.91 Å². The van der Waals surface area contributed by atoms with Gasteiger partial charge in [0.15, 0.2) is 11.5 Å². The number of piperidine rings is 1. The number of ether oxygens (including phenoxy) is 2. The molecule has 0 saturated carbocycles. The Labute approximate surface area is 186 Å². The Morgan fingerprint density at radius 1 is 0.906 bits per heavy atom. The molecule has 32 heavy (non-hydrogen) atoms. The van der Waals surface area contributed by atoms with Crippen molar-refractivity contribution >= 4 is 28.9 Å². The first-order valence-electron chi connectivity index (χ1n) is 10.8. The zero-order chi connectivity index (χ0) is 21.9. The molecule has 2 aliphatic heterocycles. The van der Waals surface area contributed by atoms with Gasteiger partial charge >= 0.3 is 0 Å². The van der Waals surface area contributed by atoms with Crippen LogP contribution in [0.5, 0.6) is 11.5 Å². The Hall–Kier alpha value is -3.81. The van der Waals surface area contributed by atoms with Crippen molar-refractivity contribution in [1.29, 1.82) is 0 Å². The van der Waals surface area contributed by atoms with Crippen LogP contribution in [0.1, 0.15) is 35.4 Å². The topological polar surface area (TPSA) is 88.6 Å². The first-order chi connectivity index (χ1) is 15.6. The fraction of sp³-hybridized carbons (Fsp3) is 0.292. The summed E-state index contributed by atoms with van der Waals surface area (Å²) in [5.74, 6) is 3.49. The number of aromatic nitrogens is 2. The van der Waals surface area contributed by atoms with Gasteiger partial charge in [-0.1, -0.05) is 0 Å². The van der Waals surface area contributed by atoms with Crippen molar-refractivity contribution in [3.8, 4) is 11.5 Å². The van der Waals surface area contributed by atoms with Gasteiger partial charge in [-0.05, 0) is 68.7 Å². The van der Waals surface area contributed by atoms with Gasteiger partial charge in [-0.15, -0.1) is 0 Å². The highest BCUT2D eigenvalue weighted by molar-refractivity contribution is 6.04. The second-order valence-electron chi connectivity index (χ2n) is 7.93. The monoisotopic (exact) mass is 431 g/mol. The lowest BCUT2D eigenvalue weighted by molar-refractivity contribution is 0.102. The van der Waals surface area contributed by atoms with E-state index in [0.717, 1.165) is 36.2 Å². The van der Waals surface area contributed by atoms with Crippen molar-refractivity contribution in [1.82, 2.24) is 9.97 Å². The molecule has 1 saturated heterocycles. The zero-order valence-corrected chi connectivity index (χ0v) is 17.9. The molecule has 0 atom stereocenters. The summed E-state index contributed by atoms with van der Waals surface area (Å²) in [6.07, 6.45) is 3.68. The lowest BCUT2D eigenvalue weighted by atomic mass is 10.1. The van der Waals surface area contributed by atoms with Gasteiger partial charge in [0.05, 0.1) is 0 Å². The number of hydrogen-bond donors (Lipinski definition) is 2. The summed E-state index contributed by atoms with van der Waals surface area (Å²) in [7, 11) is 0. The van der Waals surface area contributed by atoms with E-state index in [1.165, 1.54) is 19.3 Å². The van der Waals surface area contributed by atoms with Crippen molar-refractivity contribution < 1.29 is 14.3 Å². The Balaban J connectivity index is 1.25. The predicted octanol–water partition coefficient (Wildman–Crippen LogP) is 4.50. The van der Waals surface area contributed by atoms with E-state index in [9.17, 15) is 4.79 Å². The van der Waals surface area contributed by atoms with Crippen LogP contribution in [-0.2, 0) is 0 Å². The molecule has 1 amide bonds. The van der Waals surface area contributed by atoms with E-state index in [2.05, 4.69) is 25.5 Å². The third-order valence-electron chi connectivity index (χ3n) is 5.55. The van der Waals surface area contributed by atoms with Crippen molar-refractivity contribution in [3.63, 3.8) is 0 Å². The Kier molecular flexibility index (Phi) is 5.49. The minimum absolute atomic E-state index is 0.181. The smallest absolute Gasteiger partial charge is 0.255 e. The fourth-order valence-corrected chi connectivity index (χ4v) is 3.93. The Morgan fingerprint density at radius 2 is 1.66 bits per heavy atom.